The first-order chi connectivity index (χ1) is 14.5. The van der Waals surface area contributed by atoms with Gasteiger partial charge in [0.2, 0.25) is 0 Å². The van der Waals surface area contributed by atoms with Crippen molar-refractivity contribution in [3.8, 4) is 11.5 Å². The van der Waals surface area contributed by atoms with Crippen molar-refractivity contribution in [3.63, 3.8) is 0 Å². The van der Waals surface area contributed by atoms with Crippen LogP contribution in [0.2, 0.25) is 0 Å². The molecule has 162 valence electrons. The van der Waals surface area contributed by atoms with Gasteiger partial charge in [0.1, 0.15) is 11.5 Å². The third kappa shape index (κ3) is 4.69. The van der Waals surface area contributed by atoms with Crippen molar-refractivity contribution in [1.29, 1.82) is 0 Å². The van der Waals surface area contributed by atoms with Crippen molar-refractivity contribution >= 4 is 16.9 Å². The first-order valence-electron chi connectivity index (χ1n) is 10.1. The van der Waals surface area contributed by atoms with E-state index in [1.165, 1.54) is 17.0 Å². The predicted molar refractivity (Wildman–Crippen MR) is 121 cm³/mol. The van der Waals surface area contributed by atoms with Gasteiger partial charge in [-0.05, 0) is 32.8 Å². The SMILES string of the molecule is CN=C(NCCCc1cc2c(OC)cc(OC)cc2[nH]1)NCc1c(C)nn(C)c1C. The molecule has 0 unspecified atom stereocenters. The lowest BCUT2D eigenvalue weighted by atomic mass is 10.2. The summed E-state index contributed by atoms with van der Waals surface area (Å²) >= 11 is 0. The summed E-state index contributed by atoms with van der Waals surface area (Å²) in [4.78, 5) is 7.78. The van der Waals surface area contributed by atoms with Crippen molar-refractivity contribution in [2.24, 2.45) is 12.0 Å². The second-order valence-electron chi connectivity index (χ2n) is 7.31. The Morgan fingerprint density at radius 1 is 1.17 bits per heavy atom. The highest BCUT2D eigenvalue weighted by Crippen LogP contribution is 2.31. The average molecular weight is 413 g/mol. The number of rotatable bonds is 8. The molecule has 1 aromatic carbocycles. The maximum Gasteiger partial charge on any atom is 0.191 e. The first kappa shape index (κ1) is 21.5. The Bertz CT molecular complexity index is 1030. The number of hydrogen-bond donors (Lipinski definition) is 3. The van der Waals surface area contributed by atoms with Crippen LogP contribution in [-0.4, -0.2) is 48.5 Å². The van der Waals surface area contributed by atoms with E-state index in [-0.39, 0.29) is 0 Å². The summed E-state index contributed by atoms with van der Waals surface area (Å²) < 4.78 is 12.8. The van der Waals surface area contributed by atoms with Gasteiger partial charge in [-0.15, -0.1) is 0 Å². The molecular weight excluding hydrogens is 380 g/mol. The molecule has 0 fully saturated rings. The highest BCUT2D eigenvalue weighted by atomic mass is 16.5. The molecular formula is C22H32N6O2. The van der Waals surface area contributed by atoms with Crippen molar-refractivity contribution in [2.45, 2.75) is 33.2 Å². The largest absolute Gasteiger partial charge is 0.497 e. The fraction of sp³-hybridized carbons (Fsp3) is 0.455. The van der Waals surface area contributed by atoms with Crippen LogP contribution in [0.5, 0.6) is 11.5 Å². The molecule has 0 bridgehead atoms. The number of hydrogen-bond acceptors (Lipinski definition) is 4. The smallest absolute Gasteiger partial charge is 0.191 e. The number of guanidine groups is 1. The van der Waals surface area contributed by atoms with Crippen LogP contribution in [-0.2, 0) is 20.0 Å². The molecule has 3 rings (SSSR count). The normalized spacial score (nSPS) is 11.7. The quantitative estimate of drug-likeness (QED) is 0.301. The number of nitrogens with one attached hydrogen (secondary N) is 3. The number of ether oxygens (including phenoxy) is 2. The van der Waals surface area contributed by atoms with Gasteiger partial charge in [0.15, 0.2) is 5.96 Å². The molecule has 3 aromatic rings. The zero-order chi connectivity index (χ0) is 21.7. The summed E-state index contributed by atoms with van der Waals surface area (Å²) in [5, 5.41) is 12.3. The Balaban J connectivity index is 1.52. The van der Waals surface area contributed by atoms with Crippen LogP contribution < -0.4 is 20.1 Å². The van der Waals surface area contributed by atoms with Crippen LogP contribution in [0.3, 0.4) is 0 Å². The molecule has 0 radical (unpaired) electrons. The molecule has 2 heterocycles. The third-order valence-corrected chi connectivity index (χ3v) is 5.42. The lowest BCUT2D eigenvalue weighted by molar-refractivity contribution is 0.398. The number of aliphatic imine (C=N–C) groups is 1. The highest BCUT2D eigenvalue weighted by molar-refractivity contribution is 5.88. The van der Waals surface area contributed by atoms with Gasteiger partial charge >= 0.3 is 0 Å². The Kier molecular flexibility index (Phi) is 6.87. The van der Waals surface area contributed by atoms with Gasteiger partial charge in [0.05, 0.1) is 25.4 Å². The number of aryl methyl sites for hydroxylation is 3. The van der Waals surface area contributed by atoms with Crippen LogP contribution in [0.1, 0.15) is 29.1 Å². The minimum atomic E-state index is 0.703. The lowest BCUT2D eigenvalue weighted by Crippen LogP contribution is -2.37. The van der Waals surface area contributed by atoms with Crippen LogP contribution >= 0.6 is 0 Å². The number of nitrogens with zero attached hydrogens (tertiary/aromatic N) is 3. The van der Waals surface area contributed by atoms with E-state index < -0.39 is 0 Å². The van der Waals surface area contributed by atoms with Crippen molar-refractivity contribution in [1.82, 2.24) is 25.4 Å². The predicted octanol–water partition coefficient (Wildman–Crippen LogP) is 2.83. The minimum absolute atomic E-state index is 0.703. The van der Waals surface area contributed by atoms with Crippen molar-refractivity contribution < 1.29 is 9.47 Å². The maximum atomic E-state index is 5.49. The summed E-state index contributed by atoms with van der Waals surface area (Å²) in [6, 6.07) is 6.05. The van der Waals surface area contributed by atoms with Crippen molar-refractivity contribution in [2.75, 3.05) is 27.8 Å². The Labute approximate surface area is 177 Å². The molecule has 0 aliphatic heterocycles. The van der Waals surface area contributed by atoms with E-state index in [2.05, 4.69) is 38.7 Å². The number of fused-ring (bicyclic) bond motifs is 1. The molecule has 0 aliphatic carbocycles. The van der Waals surface area contributed by atoms with E-state index in [4.69, 9.17) is 9.47 Å². The fourth-order valence-electron chi connectivity index (χ4n) is 3.61. The van der Waals surface area contributed by atoms with E-state index in [9.17, 15) is 0 Å². The van der Waals surface area contributed by atoms with Crippen molar-refractivity contribution in [3.05, 3.63) is 40.8 Å². The van der Waals surface area contributed by atoms with E-state index >= 15 is 0 Å². The Hall–Kier alpha value is -3.16. The molecule has 30 heavy (non-hydrogen) atoms. The second kappa shape index (κ2) is 9.56. The van der Waals surface area contributed by atoms with Crippen LogP contribution in [0, 0.1) is 13.8 Å². The number of aromatic nitrogens is 3. The summed E-state index contributed by atoms with van der Waals surface area (Å²) in [5.41, 5.74) is 5.62. The van der Waals surface area contributed by atoms with Crippen LogP contribution in [0.15, 0.2) is 23.2 Å². The molecule has 8 heteroatoms. The first-order valence-corrected chi connectivity index (χ1v) is 10.1. The monoisotopic (exact) mass is 412 g/mol. The van der Waals surface area contributed by atoms with E-state index in [0.717, 1.165) is 53.4 Å². The Morgan fingerprint density at radius 3 is 2.60 bits per heavy atom. The van der Waals surface area contributed by atoms with Gasteiger partial charge < -0.3 is 25.1 Å². The van der Waals surface area contributed by atoms with Crippen LogP contribution in [0.4, 0.5) is 0 Å². The second-order valence-corrected chi connectivity index (χ2v) is 7.31. The van der Waals surface area contributed by atoms with Gasteiger partial charge in [-0.3, -0.25) is 9.67 Å². The van der Waals surface area contributed by atoms with Gasteiger partial charge in [-0.2, -0.15) is 5.10 Å². The Morgan fingerprint density at radius 2 is 1.97 bits per heavy atom. The molecule has 3 N–H and O–H groups in total. The van der Waals surface area contributed by atoms with Gasteiger partial charge in [-0.25, -0.2) is 0 Å². The summed E-state index contributed by atoms with van der Waals surface area (Å²) in [6.45, 7) is 5.64. The van der Waals surface area contributed by atoms with E-state index in [1.54, 1.807) is 21.3 Å². The average Bonchev–Trinajstić information content (AvgIpc) is 3.26. The van der Waals surface area contributed by atoms with Crippen LogP contribution in [0.25, 0.3) is 10.9 Å². The summed E-state index contributed by atoms with van der Waals surface area (Å²) in [7, 11) is 7.09. The topological polar surface area (TPSA) is 88.5 Å². The van der Waals surface area contributed by atoms with E-state index in [0.29, 0.717) is 6.54 Å². The molecule has 0 aliphatic rings. The zero-order valence-corrected chi connectivity index (χ0v) is 18.7. The lowest BCUT2D eigenvalue weighted by Gasteiger charge is -2.12. The summed E-state index contributed by atoms with van der Waals surface area (Å²) in [5.74, 6) is 2.39. The molecule has 0 saturated carbocycles. The van der Waals surface area contributed by atoms with E-state index in [1.807, 2.05) is 30.8 Å². The molecule has 8 nitrogen and oxygen atoms in total. The van der Waals surface area contributed by atoms with Gasteiger partial charge in [0, 0.05) is 61.7 Å². The fourth-order valence-corrected chi connectivity index (χ4v) is 3.61. The zero-order valence-electron chi connectivity index (χ0n) is 18.7. The molecule has 0 spiro atoms. The minimum Gasteiger partial charge on any atom is -0.497 e. The number of methoxy groups -OCH3 is 2. The maximum absolute atomic E-state index is 5.49. The standard InChI is InChI=1S/C22H32N6O2/c1-14-19(15(2)28(4)27-14)13-25-22(23-3)24-9-7-8-16-10-18-20(26-16)11-17(29-5)12-21(18)30-6/h10-12,26H,7-9,13H2,1-6H3,(H2,23,24,25). The third-order valence-electron chi connectivity index (χ3n) is 5.42. The highest BCUT2D eigenvalue weighted by Gasteiger charge is 2.11. The number of benzene rings is 1. The number of H-pyrrole nitrogens is 1. The molecule has 0 amide bonds. The molecule has 0 atom stereocenters. The van der Waals surface area contributed by atoms with Gasteiger partial charge in [0.25, 0.3) is 0 Å². The molecule has 0 saturated heterocycles. The number of aromatic amines is 1. The summed E-state index contributed by atoms with van der Waals surface area (Å²) in [6.07, 6.45) is 1.89. The molecule has 2 aromatic heterocycles. The van der Waals surface area contributed by atoms with Gasteiger partial charge in [-0.1, -0.05) is 0 Å².